The molecule has 0 aliphatic rings. The van der Waals surface area contributed by atoms with E-state index in [1.54, 1.807) is 30.3 Å². The van der Waals surface area contributed by atoms with Crippen LogP contribution in [-0.4, -0.2) is 29.9 Å². The quantitative estimate of drug-likeness (QED) is 0.920. The number of hydrogen-bond donors (Lipinski definition) is 1. The number of rotatable bonds is 5. The fraction of sp³-hybridized carbons (Fsp3) is 0.333. The highest BCUT2D eigenvalue weighted by atomic mass is 32.1. The summed E-state index contributed by atoms with van der Waals surface area (Å²) in [5.41, 5.74) is 3.12. The van der Waals surface area contributed by atoms with Crippen LogP contribution in [0.2, 0.25) is 0 Å². The second-order valence-electron chi connectivity index (χ2n) is 4.87. The molecule has 1 aromatic heterocycles. The minimum absolute atomic E-state index is 0.114. The largest absolute Gasteiger partial charge is 0.379 e. The predicted molar refractivity (Wildman–Crippen MR) is 83.0 cm³/mol. The second kappa shape index (κ2) is 6.52. The lowest BCUT2D eigenvalue weighted by Crippen LogP contribution is -2.23. The molecule has 0 radical (unpaired) electrons. The van der Waals surface area contributed by atoms with E-state index in [4.69, 9.17) is 0 Å². The van der Waals surface area contributed by atoms with Crippen LogP contribution in [-0.2, 0) is 17.8 Å². The molecular weight excluding hydrogens is 270 g/mol. The summed E-state index contributed by atoms with van der Waals surface area (Å²) in [7, 11) is 3.54. The van der Waals surface area contributed by atoms with Gasteiger partial charge in [-0.2, -0.15) is 0 Å². The van der Waals surface area contributed by atoms with Gasteiger partial charge in [-0.05, 0) is 24.6 Å². The molecule has 1 aromatic carbocycles. The predicted octanol–water partition coefficient (Wildman–Crippen LogP) is 2.69. The Kier molecular flexibility index (Phi) is 4.74. The summed E-state index contributed by atoms with van der Waals surface area (Å²) in [6, 6.07) is 7.96. The van der Waals surface area contributed by atoms with Crippen molar-refractivity contribution in [2.24, 2.45) is 0 Å². The third kappa shape index (κ3) is 4.06. The van der Waals surface area contributed by atoms with Crippen LogP contribution in [0.1, 0.15) is 16.3 Å². The van der Waals surface area contributed by atoms with E-state index in [-0.39, 0.29) is 5.91 Å². The maximum Gasteiger partial charge on any atom is 0.226 e. The van der Waals surface area contributed by atoms with Crippen molar-refractivity contribution < 1.29 is 4.79 Å². The van der Waals surface area contributed by atoms with E-state index in [2.05, 4.69) is 15.7 Å². The Morgan fingerprint density at radius 2 is 2.00 bits per heavy atom. The van der Waals surface area contributed by atoms with Gasteiger partial charge in [0.1, 0.15) is 0 Å². The first-order valence-corrected chi connectivity index (χ1v) is 7.36. The Morgan fingerprint density at radius 3 is 2.55 bits per heavy atom. The van der Waals surface area contributed by atoms with Gasteiger partial charge in [0.25, 0.3) is 0 Å². The van der Waals surface area contributed by atoms with Crippen LogP contribution >= 0.6 is 11.3 Å². The standard InChI is InChI=1S/C15H19N3OS/c1-11-17-14(10-20-11)9-16-13-6-4-12(5-7-13)8-15(19)18(2)3/h4-7,10,16H,8-9H2,1-3H3. The van der Waals surface area contributed by atoms with Crippen molar-refractivity contribution in [3.8, 4) is 0 Å². The summed E-state index contributed by atoms with van der Waals surface area (Å²) in [6.45, 7) is 2.73. The molecule has 0 fully saturated rings. The Labute approximate surface area is 123 Å². The molecule has 0 bridgehead atoms. The lowest BCUT2D eigenvalue weighted by Gasteiger charge is -2.10. The minimum atomic E-state index is 0.114. The number of anilines is 1. The van der Waals surface area contributed by atoms with Crippen molar-refractivity contribution in [1.82, 2.24) is 9.88 Å². The van der Waals surface area contributed by atoms with E-state index in [1.165, 1.54) is 0 Å². The number of nitrogens with one attached hydrogen (secondary N) is 1. The van der Waals surface area contributed by atoms with E-state index in [1.807, 2.05) is 31.2 Å². The van der Waals surface area contributed by atoms with Gasteiger partial charge in [0.05, 0.1) is 23.7 Å². The van der Waals surface area contributed by atoms with Gasteiger partial charge in [-0.25, -0.2) is 4.98 Å². The molecule has 0 unspecified atom stereocenters. The van der Waals surface area contributed by atoms with Crippen LogP contribution in [0.15, 0.2) is 29.6 Å². The Bertz CT molecular complexity index is 575. The molecule has 4 nitrogen and oxygen atoms in total. The molecule has 0 spiro atoms. The van der Waals surface area contributed by atoms with Gasteiger partial charge < -0.3 is 10.2 Å². The van der Waals surface area contributed by atoms with Crippen LogP contribution in [0.4, 0.5) is 5.69 Å². The van der Waals surface area contributed by atoms with E-state index in [9.17, 15) is 4.79 Å². The number of aryl methyl sites for hydroxylation is 1. The molecule has 20 heavy (non-hydrogen) atoms. The third-order valence-corrected chi connectivity index (χ3v) is 3.77. The van der Waals surface area contributed by atoms with Gasteiger partial charge in [0, 0.05) is 25.2 Å². The number of nitrogens with zero attached hydrogens (tertiary/aromatic N) is 2. The molecule has 106 valence electrons. The highest BCUT2D eigenvalue weighted by molar-refractivity contribution is 7.09. The first kappa shape index (κ1) is 14.5. The maximum atomic E-state index is 11.6. The van der Waals surface area contributed by atoms with Crippen molar-refractivity contribution in [1.29, 1.82) is 0 Å². The number of aromatic nitrogens is 1. The smallest absolute Gasteiger partial charge is 0.226 e. The molecule has 0 saturated heterocycles. The number of hydrogen-bond acceptors (Lipinski definition) is 4. The molecule has 0 aliphatic heterocycles. The summed E-state index contributed by atoms with van der Waals surface area (Å²) in [5, 5.41) is 6.47. The summed E-state index contributed by atoms with van der Waals surface area (Å²) in [6.07, 6.45) is 0.443. The van der Waals surface area contributed by atoms with Crippen molar-refractivity contribution in [3.63, 3.8) is 0 Å². The zero-order valence-corrected chi connectivity index (χ0v) is 12.8. The number of likely N-dealkylation sites (N-methyl/N-ethyl adjacent to an activating group) is 1. The number of amides is 1. The van der Waals surface area contributed by atoms with E-state index in [0.717, 1.165) is 28.5 Å². The minimum Gasteiger partial charge on any atom is -0.379 e. The van der Waals surface area contributed by atoms with Gasteiger partial charge in [-0.15, -0.1) is 11.3 Å². The monoisotopic (exact) mass is 289 g/mol. The zero-order valence-electron chi connectivity index (χ0n) is 12.0. The van der Waals surface area contributed by atoms with E-state index >= 15 is 0 Å². The molecule has 0 atom stereocenters. The normalized spacial score (nSPS) is 10.3. The summed E-state index contributed by atoms with van der Waals surface area (Å²) in [4.78, 5) is 17.6. The van der Waals surface area contributed by atoms with E-state index < -0.39 is 0 Å². The van der Waals surface area contributed by atoms with Gasteiger partial charge in [0.15, 0.2) is 0 Å². The third-order valence-electron chi connectivity index (χ3n) is 2.95. The molecule has 1 N–H and O–H groups in total. The number of benzene rings is 1. The molecule has 0 aliphatic carbocycles. The maximum absolute atomic E-state index is 11.6. The average Bonchev–Trinajstić information content (AvgIpc) is 2.83. The topological polar surface area (TPSA) is 45.2 Å². The SMILES string of the molecule is Cc1nc(CNc2ccc(CC(=O)N(C)C)cc2)cs1. The van der Waals surface area contributed by atoms with Crippen molar-refractivity contribution in [2.45, 2.75) is 19.9 Å². The molecule has 0 saturated carbocycles. The van der Waals surface area contributed by atoms with Gasteiger partial charge in [-0.3, -0.25) is 4.79 Å². The molecule has 2 aromatic rings. The number of thiazole rings is 1. The van der Waals surface area contributed by atoms with Crippen LogP contribution < -0.4 is 5.32 Å². The highest BCUT2D eigenvalue weighted by Gasteiger charge is 2.05. The zero-order chi connectivity index (χ0) is 14.5. The summed E-state index contributed by atoms with van der Waals surface area (Å²) < 4.78 is 0. The van der Waals surface area contributed by atoms with Crippen LogP contribution in [0, 0.1) is 6.92 Å². The van der Waals surface area contributed by atoms with Gasteiger partial charge in [0.2, 0.25) is 5.91 Å². The molecule has 2 rings (SSSR count). The van der Waals surface area contributed by atoms with Crippen LogP contribution in [0.3, 0.4) is 0 Å². The molecule has 5 heteroatoms. The lowest BCUT2D eigenvalue weighted by atomic mass is 10.1. The van der Waals surface area contributed by atoms with Gasteiger partial charge >= 0.3 is 0 Å². The van der Waals surface area contributed by atoms with Crippen LogP contribution in [0.5, 0.6) is 0 Å². The van der Waals surface area contributed by atoms with Crippen molar-refractivity contribution >= 4 is 22.9 Å². The van der Waals surface area contributed by atoms with Crippen LogP contribution in [0.25, 0.3) is 0 Å². The molecular formula is C15H19N3OS. The Morgan fingerprint density at radius 1 is 1.30 bits per heavy atom. The fourth-order valence-corrected chi connectivity index (χ4v) is 2.37. The first-order valence-electron chi connectivity index (χ1n) is 6.48. The first-order chi connectivity index (χ1) is 9.54. The average molecular weight is 289 g/mol. The Balaban J connectivity index is 1.89. The Hall–Kier alpha value is -1.88. The molecule has 1 amide bonds. The number of carbonyl (C=O) groups is 1. The lowest BCUT2D eigenvalue weighted by molar-refractivity contribution is -0.127. The fourth-order valence-electron chi connectivity index (χ4n) is 1.76. The van der Waals surface area contributed by atoms with Crippen molar-refractivity contribution in [3.05, 3.63) is 45.9 Å². The number of carbonyl (C=O) groups excluding carboxylic acids is 1. The highest BCUT2D eigenvalue weighted by Crippen LogP contribution is 2.13. The molecule has 1 heterocycles. The van der Waals surface area contributed by atoms with Gasteiger partial charge in [-0.1, -0.05) is 12.1 Å². The van der Waals surface area contributed by atoms with Crippen molar-refractivity contribution in [2.75, 3.05) is 19.4 Å². The second-order valence-corrected chi connectivity index (χ2v) is 5.94. The summed E-state index contributed by atoms with van der Waals surface area (Å²) in [5.74, 6) is 0.114. The van der Waals surface area contributed by atoms with E-state index in [0.29, 0.717) is 6.42 Å². The summed E-state index contributed by atoms with van der Waals surface area (Å²) >= 11 is 1.66.